The quantitative estimate of drug-likeness (QED) is 0.415. The first-order chi connectivity index (χ1) is 15.7. The van der Waals surface area contributed by atoms with Gasteiger partial charge in [-0.2, -0.15) is 0 Å². The van der Waals surface area contributed by atoms with Crippen molar-refractivity contribution in [3.63, 3.8) is 0 Å². The molecule has 0 radical (unpaired) electrons. The molecular weight excluding hydrogens is 402 g/mol. The summed E-state index contributed by atoms with van der Waals surface area (Å²) in [5.74, 6) is 1.84. The van der Waals surface area contributed by atoms with Crippen molar-refractivity contribution in [2.24, 2.45) is 0 Å². The number of benzene rings is 3. The van der Waals surface area contributed by atoms with E-state index in [-0.39, 0.29) is 5.91 Å². The largest absolute Gasteiger partial charge is 0.493 e. The van der Waals surface area contributed by atoms with E-state index < -0.39 is 0 Å². The predicted octanol–water partition coefficient (Wildman–Crippen LogP) is 4.97. The molecule has 6 nitrogen and oxygen atoms in total. The van der Waals surface area contributed by atoms with E-state index >= 15 is 0 Å². The van der Waals surface area contributed by atoms with E-state index in [9.17, 15) is 4.79 Å². The number of carbonyl (C=O) groups excluding carboxylic acids is 1. The van der Waals surface area contributed by atoms with Crippen LogP contribution in [0.3, 0.4) is 0 Å². The van der Waals surface area contributed by atoms with Crippen molar-refractivity contribution in [2.75, 3.05) is 26.1 Å². The van der Waals surface area contributed by atoms with Crippen LogP contribution in [-0.4, -0.2) is 31.7 Å². The summed E-state index contributed by atoms with van der Waals surface area (Å²) < 4.78 is 10.6. The molecule has 0 bridgehead atoms. The Labute approximate surface area is 187 Å². The molecule has 2 N–H and O–H groups in total. The number of hydrogen-bond acceptors (Lipinski definition) is 5. The van der Waals surface area contributed by atoms with Gasteiger partial charge in [0, 0.05) is 17.6 Å². The lowest BCUT2D eigenvalue weighted by Gasteiger charge is -2.12. The molecule has 0 saturated heterocycles. The minimum atomic E-state index is -0.139. The zero-order valence-corrected chi connectivity index (χ0v) is 18.1. The Kier molecular flexibility index (Phi) is 6.51. The number of amides is 1. The maximum atomic E-state index is 13.1. The second kappa shape index (κ2) is 9.83. The molecular formula is C26H25N3O3. The minimum absolute atomic E-state index is 0.139. The van der Waals surface area contributed by atoms with E-state index in [1.807, 2.05) is 72.8 Å². The fourth-order valence-corrected chi connectivity index (χ4v) is 3.55. The first kappa shape index (κ1) is 21.2. The third kappa shape index (κ3) is 4.81. The molecule has 0 aliphatic rings. The summed E-state index contributed by atoms with van der Waals surface area (Å²) in [6.07, 6.45) is 0.671. The molecule has 0 atom stereocenters. The molecule has 0 aliphatic carbocycles. The average Bonchev–Trinajstić information content (AvgIpc) is 2.84. The Balaban J connectivity index is 1.51. The van der Waals surface area contributed by atoms with Crippen LogP contribution >= 0.6 is 0 Å². The molecule has 0 fully saturated rings. The number of para-hydroxylation sites is 2. The van der Waals surface area contributed by atoms with Crippen molar-refractivity contribution < 1.29 is 14.3 Å². The highest BCUT2D eigenvalue weighted by Gasteiger charge is 2.13. The van der Waals surface area contributed by atoms with Crippen LogP contribution in [0.5, 0.6) is 11.5 Å². The van der Waals surface area contributed by atoms with Crippen molar-refractivity contribution >= 4 is 28.3 Å². The van der Waals surface area contributed by atoms with E-state index in [1.165, 1.54) is 0 Å². The molecule has 1 amide bonds. The highest BCUT2D eigenvalue weighted by Crippen LogP contribution is 2.28. The number of rotatable bonds is 8. The highest BCUT2D eigenvalue weighted by atomic mass is 16.5. The summed E-state index contributed by atoms with van der Waals surface area (Å²) in [6.45, 7) is 0.492. The Morgan fingerprint density at radius 1 is 0.875 bits per heavy atom. The van der Waals surface area contributed by atoms with E-state index in [4.69, 9.17) is 9.47 Å². The Morgan fingerprint density at radius 3 is 2.41 bits per heavy atom. The summed E-state index contributed by atoms with van der Waals surface area (Å²) >= 11 is 0. The average molecular weight is 428 g/mol. The van der Waals surface area contributed by atoms with Crippen molar-refractivity contribution in [2.45, 2.75) is 6.42 Å². The number of carbonyl (C=O) groups is 1. The van der Waals surface area contributed by atoms with Crippen LogP contribution in [0.4, 0.5) is 11.5 Å². The van der Waals surface area contributed by atoms with Gasteiger partial charge >= 0.3 is 0 Å². The minimum Gasteiger partial charge on any atom is -0.493 e. The molecule has 1 aromatic heterocycles. The Morgan fingerprint density at radius 2 is 1.62 bits per heavy atom. The van der Waals surface area contributed by atoms with Gasteiger partial charge < -0.3 is 20.1 Å². The molecule has 3 aromatic carbocycles. The van der Waals surface area contributed by atoms with Gasteiger partial charge in [-0.1, -0.05) is 42.5 Å². The molecule has 0 saturated carbocycles. The maximum absolute atomic E-state index is 13.1. The van der Waals surface area contributed by atoms with Gasteiger partial charge in [0.15, 0.2) is 11.5 Å². The number of nitrogens with one attached hydrogen (secondary N) is 2. The van der Waals surface area contributed by atoms with Crippen LogP contribution in [-0.2, 0) is 6.42 Å². The zero-order valence-electron chi connectivity index (χ0n) is 18.1. The van der Waals surface area contributed by atoms with Crippen molar-refractivity contribution in [1.82, 2.24) is 10.3 Å². The van der Waals surface area contributed by atoms with E-state index in [0.29, 0.717) is 35.8 Å². The smallest absolute Gasteiger partial charge is 0.252 e. The van der Waals surface area contributed by atoms with Gasteiger partial charge in [0.1, 0.15) is 5.82 Å². The fraction of sp³-hybridized carbons (Fsp3) is 0.154. The highest BCUT2D eigenvalue weighted by molar-refractivity contribution is 6.07. The molecule has 0 aliphatic heterocycles. The van der Waals surface area contributed by atoms with Crippen LogP contribution in [0.15, 0.2) is 78.9 Å². The summed E-state index contributed by atoms with van der Waals surface area (Å²) in [6, 6.07) is 25.0. The summed E-state index contributed by atoms with van der Waals surface area (Å²) in [5.41, 5.74) is 3.31. The summed E-state index contributed by atoms with van der Waals surface area (Å²) in [4.78, 5) is 17.7. The Hall–Kier alpha value is -4.06. The fourth-order valence-electron chi connectivity index (χ4n) is 3.55. The van der Waals surface area contributed by atoms with Crippen LogP contribution in [0, 0.1) is 0 Å². The summed E-state index contributed by atoms with van der Waals surface area (Å²) in [5, 5.41) is 7.12. The lowest BCUT2D eigenvalue weighted by molar-refractivity contribution is 0.0955. The summed E-state index contributed by atoms with van der Waals surface area (Å²) in [7, 11) is 3.22. The van der Waals surface area contributed by atoms with Crippen LogP contribution < -0.4 is 20.1 Å². The van der Waals surface area contributed by atoms with Crippen LogP contribution in [0.2, 0.25) is 0 Å². The molecule has 4 rings (SSSR count). The van der Waals surface area contributed by atoms with Gasteiger partial charge in [-0.3, -0.25) is 4.79 Å². The number of methoxy groups -OCH3 is 2. The number of aromatic nitrogens is 1. The lowest BCUT2D eigenvalue weighted by Crippen LogP contribution is -2.26. The van der Waals surface area contributed by atoms with Gasteiger partial charge in [-0.15, -0.1) is 0 Å². The third-order valence-electron chi connectivity index (χ3n) is 5.15. The monoisotopic (exact) mass is 427 g/mol. The number of pyridine rings is 1. The van der Waals surface area contributed by atoms with E-state index in [0.717, 1.165) is 22.2 Å². The molecule has 0 spiro atoms. The first-order valence-corrected chi connectivity index (χ1v) is 10.4. The molecule has 1 heterocycles. The second-order valence-electron chi connectivity index (χ2n) is 7.26. The SMILES string of the molecule is COc1ccc(CCNC(=O)c2cc(Nc3ccccc3)nc3ccccc23)cc1OC. The molecule has 6 heteroatoms. The standard InChI is InChI=1S/C26H25N3O3/c1-31-23-13-12-18(16-24(23)32-2)14-15-27-26(30)21-17-25(28-19-8-4-3-5-9-19)29-22-11-7-6-10-20(21)22/h3-13,16-17H,14-15H2,1-2H3,(H,27,30)(H,28,29). The number of nitrogens with zero attached hydrogens (tertiary/aromatic N) is 1. The van der Waals surface area contributed by atoms with Crippen molar-refractivity contribution in [1.29, 1.82) is 0 Å². The first-order valence-electron chi connectivity index (χ1n) is 10.4. The van der Waals surface area contributed by atoms with Crippen molar-refractivity contribution in [3.8, 4) is 11.5 Å². The van der Waals surface area contributed by atoms with E-state index in [1.54, 1.807) is 20.3 Å². The van der Waals surface area contributed by atoms with Crippen molar-refractivity contribution in [3.05, 3.63) is 90.0 Å². The van der Waals surface area contributed by atoms with Crippen LogP contribution in [0.1, 0.15) is 15.9 Å². The van der Waals surface area contributed by atoms with Gasteiger partial charge in [-0.05, 0) is 48.4 Å². The lowest BCUT2D eigenvalue weighted by atomic mass is 10.1. The normalized spacial score (nSPS) is 10.6. The molecule has 0 unspecified atom stereocenters. The Bertz CT molecular complexity index is 1230. The third-order valence-corrected chi connectivity index (χ3v) is 5.15. The second-order valence-corrected chi connectivity index (χ2v) is 7.26. The topological polar surface area (TPSA) is 72.5 Å². The number of ether oxygens (including phenoxy) is 2. The maximum Gasteiger partial charge on any atom is 0.252 e. The van der Waals surface area contributed by atoms with Gasteiger partial charge in [0.05, 0.1) is 25.3 Å². The van der Waals surface area contributed by atoms with E-state index in [2.05, 4.69) is 15.6 Å². The predicted molar refractivity (Wildman–Crippen MR) is 127 cm³/mol. The molecule has 4 aromatic rings. The molecule has 162 valence electrons. The number of hydrogen-bond donors (Lipinski definition) is 2. The zero-order chi connectivity index (χ0) is 22.3. The van der Waals surface area contributed by atoms with Gasteiger partial charge in [0.25, 0.3) is 5.91 Å². The van der Waals surface area contributed by atoms with Gasteiger partial charge in [0.2, 0.25) is 0 Å². The number of anilines is 2. The van der Waals surface area contributed by atoms with Gasteiger partial charge in [-0.25, -0.2) is 4.98 Å². The van der Waals surface area contributed by atoms with Crippen LogP contribution in [0.25, 0.3) is 10.9 Å². The molecule has 32 heavy (non-hydrogen) atoms. The number of fused-ring (bicyclic) bond motifs is 1.